The zero-order chi connectivity index (χ0) is 23.4. The van der Waals surface area contributed by atoms with E-state index in [0.29, 0.717) is 22.9 Å². The molecule has 4 aromatic rings. The van der Waals surface area contributed by atoms with Gasteiger partial charge >= 0.3 is 5.97 Å². The van der Waals surface area contributed by atoms with Crippen LogP contribution in [0.25, 0.3) is 11.5 Å². The van der Waals surface area contributed by atoms with E-state index in [1.165, 1.54) is 0 Å². The molecule has 0 aliphatic heterocycles. The lowest BCUT2D eigenvalue weighted by molar-refractivity contribution is -0.125. The SMILES string of the molecule is Cc1ccc(C)c(NC(=O)[C@H](OC(=O)c2nc(-c3ccccc3)oc2C)c2ccccc2)c1. The number of aryl methyl sites for hydroxylation is 3. The third-order valence-electron chi connectivity index (χ3n) is 5.23. The van der Waals surface area contributed by atoms with Gasteiger partial charge in [0, 0.05) is 16.8 Å². The Hall–Kier alpha value is -4.19. The van der Waals surface area contributed by atoms with Crippen LogP contribution >= 0.6 is 0 Å². The van der Waals surface area contributed by atoms with Crippen molar-refractivity contribution in [2.45, 2.75) is 26.9 Å². The molecule has 166 valence electrons. The lowest BCUT2D eigenvalue weighted by atomic mass is 10.1. The van der Waals surface area contributed by atoms with Crippen molar-refractivity contribution < 1.29 is 18.7 Å². The predicted molar refractivity (Wildman–Crippen MR) is 126 cm³/mol. The van der Waals surface area contributed by atoms with Gasteiger partial charge in [-0.25, -0.2) is 9.78 Å². The van der Waals surface area contributed by atoms with Gasteiger partial charge in [0.05, 0.1) is 0 Å². The molecular weight excluding hydrogens is 416 g/mol. The minimum Gasteiger partial charge on any atom is -0.442 e. The molecule has 1 atom stereocenters. The van der Waals surface area contributed by atoms with Crippen molar-refractivity contribution in [1.82, 2.24) is 4.98 Å². The fourth-order valence-corrected chi connectivity index (χ4v) is 3.42. The quantitative estimate of drug-likeness (QED) is 0.383. The van der Waals surface area contributed by atoms with Gasteiger partial charge in [-0.2, -0.15) is 0 Å². The molecule has 1 aromatic heterocycles. The van der Waals surface area contributed by atoms with Gasteiger partial charge in [0.1, 0.15) is 5.76 Å². The van der Waals surface area contributed by atoms with Crippen LogP contribution in [0.5, 0.6) is 0 Å². The summed E-state index contributed by atoms with van der Waals surface area (Å²) in [6.07, 6.45) is -1.16. The summed E-state index contributed by atoms with van der Waals surface area (Å²) in [5.74, 6) is -0.548. The van der Waals surface area contributed by atoms with E-state index < -0.39 is 18.0 Å². The van der Waals surface area contributed by atoms with Gasteiger partial charge in [-0.15, -0.1) is 0 Å². The van der Waals surface area contributed by atoms with Crippen LogP contribution in [0, 0.1) is 20.8 Å². The molecule has 0 spiro atoms. The second-order valence-corrected chi connectivity index (χ2v) is 7.79. The van der Waals surface area contributed by atoms with Gasteiger partial charge in [-0.1, -0.05) is 60.7 Å². The number of anilines is 1. The van der Waals surface area contributed by atoms with Crippen molar-refractivity contribution in [3.63, 3.8) is 0 Å². The molecule has 4 rings (SSSR count). The Morgan fingerprint density at radius 2 is 1.58 bits per heavy atom. The summed E-state index contributed by atoms with van der Waals surface area (Å²) in [6, 6.07) is 23.9. The van der Waals surface area contributed by atoms with Crippen LogP contribution in [-0.2, 0) is 9.53 Å². The molecular formula is C27H24N2O4. The van der Waals surface area contributed by atoms with E-state index in [2.05, 4.69) is 10.3 Å². The van der Waals surface area contributed by atoms with E-state index >= 15 is 0 Å². The smallest absolute Gasteiger partial charge is 0.361 e. The number of ether oxygens (including phenoxy) is 1. The van der Waals surface area contributed by atoms with Crippen LogP contribution in [0.15, 0.2) is 83.3 Å². The summed E-state index contributed by atoms with van der Waals surface area (Å²) < 4.78 is 11.4. The molecule has 33 heavy (non-hydrogen) atoms. The van der Waals surface area contributed by atoms with Crippen molar-refractivity contribution in [1.29, 1.82) is 0 Å². The van der Waals surface area contributed by atoms with Crippen LogP contribution in [0.3, 0.4) is 0 Å². The number of amides is 1. The molecule has 0 saturated carbocycles. The van der Waals surface area contributed by atoms with Crippen molar-refractivity contribution >= 4 is 17.6 Å². The van der Waals surface area contributed by atoms with Gasteiger partial charge in [0.2, 0.25) is 12.0 Å². The van der Waals surface area contributed by atoms with E-state index in [1.54, 1.807) is 31.2 Å². The van der Waals surface area contributed by atoms with Gasteiger partial charge < -0.3 is 14.5 Å². The Labute approximate surface area is 192 Å². The number of nitrogens with one attached hydrogen (secondary N) is 1. The Kier molecular flexibility index (Phi) is 6.36. The summed E-state index contributed by atoms with van der Waals surface area (Å²) in [7, 11) is 0. The number of aromatic nitrogens is 1. The molecule has 3 aromatic carbocycles. The molecule has 0 bridgehead atoms. The van der Waals surface area contributed by atoms with E-state index in [1.807, 2.05) is 68.4 Å². The molecule has 0 radical (unpaired) electrons. The fourth-order valence-electron chi connectivity index (χ4n) is 3.42. The molecule has 0 aliphatic carbocycles. The fraction of sp³-hybridized carbons (Fsp3) is 0.148. The molecule has 1 amide bonds. The van der Waals surface area contributed by atoms with Crippen molar-refractivity contribution in [2.24, 2.45) is 0 Å². The van der Waals surface area contributed by atoms with Crippen molar-refractivity contribution in [3.05, 3.63) is 107 Å². The number of hydrogen-bond acceptors (Lipinski definition) is 5. The Morgan fingerprint density at radius 3 is 2.27 bits per heavy atom. The second-order valence-electron chi connectivity index (χ2n) is 7.79. The number of hydrogen-bond donors (Lipinski definition) is 1. The first-order chi connectivity index (χ1) is 15.9. The number of benzene rings is 3. The molecule has 0 saturated heterocycles. The first-order valence-corrected chi connectivity index (χ1v) is 10.6. The topological polar surface area (TPSA) is 81.4 Å². The Bertz CT molecular complexity index is 1280. The Morgan fingerprint density at radius 1 is 0.909 bits per heavy atom. The molecule has 0 fully saturated rings. The summed E-state index contributed by atoms with van der Waals surface area (Å²) in [6.45, 7) is 5.49. The highest BCUT2D eigenvalue weighted by molar-refractivity contribution is 5.98. The Balaban J connectivity index is 1.61. The standard InChI is InChI=1S/C27H24N2O4/c1-17-14-15-18(2)22(16-17)28-25(30)24(20-10-6-4-7-11-20)33-27(31)23-19(3)32-26(29-23)21-12-8-5-9-13-21/h4-16,24H,1-3H3,(H,28,30)/t24-/m1/s1. The van der Waals surface area contributed by atoms with Gasteiger partial charge in [-0.3, -0.25) is 4.79 Å². The predicted octanol–water partition coefficient (Wildman–Crippen LogP) is 5.80. The zero-order valence-electron chi connectivity index (χ0n) is 18.7. The molecule has 0 aliphatic rings. The highest BCUT2D eigenvalue weighted by Crippen LogP contribution is 2.26. The average molecular weight is 440 g/mol. The summed E-state index contributed by atoms with van der Waals surface area (Å²) in [5, 5.41) is 2.89. The molecule has 1 heterocycles. The van der Waals surface area contributed by atoms with Crippen LogP contribution < -0.4 is 5.32 Å². The number of rotatable bonds is 6. The first kappa shape index (κ1) is 22.0. The normalized spacial score (nSPS) is 11.6. The van der Waals surface area contributed by atoms with Gasteiger partial charge in [0.25, 0.3) is 5.91 Å². The maximum absolute atomic E-state index is 13.2. The highest BCUT2D eigenvalue weighted by atomic mass is 16.5. The molecule has 0 unspecified atom stereocenters. The zero-order valence-corrected chi connectivity index (χ0v) is 18.7. The highest BCUT2D eigenvalue weighted by Gasteiger charge is 2.29. The van der Waals surface area contributed by atoms with Crippen molar-refractivity contribution in [3.8, 4) is 11.5 Å². The minimum atomic E-state index is -1.16. The van der Waals surface area contributed by atoms with Crippen molar-refractivity contribution in [2.75, 3.05) is 5.32 Å². The first-order valence-electron chi connectivity index (χ1n) is 10.6. The monoisotopic (exact) mass is 440 g/mol. The number of esters is 1. The van der Waals surface area contributed by atoms with E-state index in [9.17, 15) is 9.59 Å². The van der Waals surface area contributed by atoms with E-state index in [-0.39, 0.29) is 5.69 Å². The van der Waals surface area contributed by atoms with Crippen LogP contribution in [0.4, 0.5) is 5.69 Å². The van der Waals surface area contributed by atoms with Crippen LogP contribution in [0.1, 0.15) is 39.0 Å². The minimum absolute atomic E-state index is 0.0364. The lowest BCUT2D eigenvalue weighted by Crippen LogP contribution is -2.26. The number of nitrogens with zero attached hydrogens (tertiary/aromatic N) is 1. The summed E-state index contributed by atoms with van der Waals surface area (Å²) >= 11 is 0. The number of oxazole rings is 1. The number of carbonyl (C=O) groups excluding carboxylic acids is 2. The van der Waals surface area contributed by atoms with Crippen LogP contribution in [-0.4, -0.2) is 16.9 Å². The summed E-state index contributed by atoms with van der Waals surface area (Å²) in [4.78, 5) is 30.6. The van der Waals surface area contributed by atoms with Gasteiger partial charge in [0.15, 0.2) is 5.69 Å². The van der Waals surface area contributed by atoms with E-state index in [0.717, 1.165) is 16.7 Å². The summed E-state index contributed by atoms with van der Waals surface area (Å²) in [5.41, 5.74) is 3.92. The molecule has 6 nitrogen and oxygen atoms in total. The number of carbonyl (C=O) groups is 2. The molecule has 6 heteroatoms. The van der Waals surface area contributed by atoms with E-state index in [4.69, 9.17) is 9.15 Å². The maximum Gasteiger partial charge on any atom is 0.361 e. The van der Waals surface area contributed by atoms with Gasteiger partial charge in [-0.05, 0) is 50.1 Å². The average Bonchev–Trinajstić information content (AvgIpc) is 3.22. The largest absolute Gasteiger partial charge is 0.442 e. The second kappa shape index (κ2) is 9.53. The maximum atomic E-state index is 13.2. The third kappa shape index (κ3) is 5.01. The van der Waals surface area contributed by atoms with Crippen LogP contribution in [0.2, 0.25) is 0 Å². The lowest BCUT2D eigenvalue weighted by Gasteiger charge is -2.18. The third-order valence-corrected chi connectivity index (χ3v) is 5.23. The molecule has 1 N–H and O–H groups in total.